The van der Waals surface area contributed by atoms with Gasteiger partial charge in [-0.1, -0.05) is 41.1 Å². The Morgan fingerprint density at radius 2 is 1.67 bits per heavy atom. The summed E-state index contributed by atoms with van der Waals surface area (Å²) >= 11 is 5.58. The summed E-state index contributed by atoms with van der Waals surface area (Å²) in [6.45, 7) is 2.08. The third-order valence-corrected chi connectivity index (χ3v) is 1.33. The number of hydrogen-bond donors (Lipinski definition) is 1. The van der Waals surface area contributed by atoms with Gasteiger partial charge < -0.3 is 5.21 Å². The van der Waals surface area contributed by atoms with Crippen molar-refractivity contribution < 1.29 is 5.21 Å². The quantitative estimate of drug-likeness (QED) is 0.443. The molecule has 0 spiro atoms. The number of benzene rings is 1. The minimum atomic E-state index is 0.310. The molecule has 1 rings (SSSR count). The second kappa shape index (κ2) is 7.31. The van der Waals surface area contributed by atoms with Crippen LogP contribution in [0.3, 0.4) is 0 Å². The van der Waals surface area contributed by atoms with Crippen molar-refractivity contribution in [1.29, 1.82) is 0 Å². The molecule has 1 aromatic carbocycles. The first-order valence-electron chi connectivity index (χ1n) is 3.21. The van der Waals surface area contributed by atoms with Crippen LogP contribution in [-0.2, 0) is 0 Å². The zero-order valence-electron chi connectivity index (χ0n) is 6.54. The van der Waals surface area contributed by atoms with Crippen molar-refractivity contribution >= 4 is 35.4 Å². The second-order valence-electron chi connectivity index (χ2n) is 2.00. The van der Waals surface area contributed by atoms with Crippen LogP contribution in [0.2, 0.25) is 0 Å². The molecule has 0 amide bonds. The fraction of sp³-hybridized carbons (Fsp3) is 0.125. The SMILES string of the molecule is Cc1ccccc1.ON=C(Br)Br. The maximum Gasteiger partial charge on any atom is 0.187 e. The summed E-state index contributed by atoms with van der Waals surface area (Å²) in [6.07, 6.45) is 0. The molecule has 0 fully saturated rings. The van der Waals surface area contributed by atoms with Gasteiger partial charge in [-0.2, -0.15) is 0 Å². The van der Waals surface area contributed by atoms with Gasteiger partial charge in [-0.05, 0) is 38.8 Å². The molecular formula is C8H9Br2NO. The van der Waals surface area contributed by atoms with Gasteiger partial charge in [0.25, 0.3) is 0 Å². The molecule has 2 nitrogen and oxygen atoms in total. The largest absolute Gasteiger partial charge is 0.410 e. The molecule has 0 unspecified atom stereocenters. The maximum atomic E-state index is 7.64. The van der Waals surface area contributed by atoms with Crippen LogP contribution < -0.4 is 0 Å². The molecule has 0 bridgehead atoms. The molecule has 0 aromatic heterocycles. The van der Waals surface area contributed by atoms with E-state index in [2.05, 4.69) is 56.1 Å². The van der Waals surface area contributed by atoms with E-state index in [1.807, 2.05) is 18.2 Å². The normalized spacial score (nSPS) is 7.92. The van der Waals surface area contributed by atoms with E-state index in [-0.39, 0.29) is 0 Å². The molecule has 0 heterocycles. The van der Waals surface area contributed by atoms with Crippen LogP contribution in [0.5, 0.6) is 0 Å². The lowest BCUT2D eigenvalue weighted by atomic mass is 10.2. The highest BCUT2D eigenvalue weighted by atomic mass is 79.9. The summed E-state index contributed by atoms with van der Waals surface area (Å²) in [5, 5.41) is 10.3. The Hall–Kier alpha value is -0.350. The Bertz CT molecular complexity index is 232. The number of nitrogens with zero attached hydrogens (tertiary/aromatic N) is 1. The van der Waals surface area contributed by atoms with Crippen molar-refractivity contribution in [3.63, 3.8) is 0 Å². The fourth-order valence-electron chi connectivity index (χ4n) is 0.534. The van der Waals surface area contributed by atoms with E-state index in [4.69, 9.17) is 5.21 Å². The Kier molecular flexibility index (Phi) is 7.09. The Balaban J connectivity index is 0.000000217. The molecule has 4 heteroatoms. The number of rotatable bonds is 0. The lowest BCUT2D eigenvalue weighted by Gasteiger charge is -1.82. The molecule has 1 aromatic rings. The molecule has 0 aliphatic rings. The Morgan fingerprint density at radius 1 is 1.25 bits per heavy atom. The molecule has 0 aliphatic heterocycles. The first kappa shape index (κ1) is 11.6. The summed E-state index contributed by atoms with van der Waals surface area (Å²) in [7, 11) is 0. The molecule has 66 valence electrons. The molecule has 0 aliphatic carbocycles. The summed E-state index contributed by atoms with van der Waals surface area (Å²) in [5.41, 5.74) is 1.32. The lowest BCUT2D eigenvalue weighted by Crippen LogP contribution is -1.62. The second-order valence-corrected chi connectivity index (χ2v) is 4.56. The number of halogens is 2. The van der Waals surface area contributed by atoms with Gasteiger partial charge in [0.05, 0.1) is 0 Å². The van der Waals surface area contributed by atoms with E-state index in [1.165, 1.54) is 5.56 Å². The van der Waals surface area contributed by atoms with E-state index < -0.39 is 0 Å². The zero-order valence-corrected chi connectivity index (χ0v) is 9.71. The zero-order chi connectivity index (χ0) is 9.40. The van der Waals surface area contributed by atoms with E-state index in [0.717, 1.165) is 0 Å². The molecule has 12 heavy (non-hydrogen) atoms. The summed E-state index contributed by atoms with van der Waals surface area (Å²) < 4.78 is 0.310. The van der Waals surface area contributed by atoms with Gasteiger partial charge in [0, 0.05) is 0 Å². The van der Waals surface area contributed by atoms with Crippen molar-refractivity contribution in [2.24, 2.45) is 5.16 Å². The summed E-state index contributed by atoms with van der Waals surface area (Å²) in [5.74, 6) is 0. The summed E-state index contributed by atoms with van der Waals surface area (Å²) in [6, 6.07) is 10.3. The van der Waals surface area contributed by atoms with Crippen molar-refractivity contribution in [3.8, 4) is 0 Å². The van der Waals surface area contributed by atoms with Crippen LogP contribution in [0, 0.1) is 6.92 Å². The number of oxime groups is 1. The summed E-state index contributed by atoms with van der Waals surface area (Å²) in [4.78, 5) is 0. The molecule has 0 radical (unpaired) electrons. The van der Waals surface area contributed by atoms with Gasteiger partial charge in [-0.25, -0.2) is 0 Å². The monoisotopic (exact) mass is 293 g/mol. The van der Waals surface area contributed by atoms with E-state index in [0.29, 0.717) is 3.53 Å². The van der Waals surface area contributed by atoms with E-state index in [9.17, 15) is 0 Å². The molecule has 0 atom stereocenters. The van der Waals surface area contributed by atoms with Gasteiger partial charge >= 0.3 is 0 Å². The van der Waals surface area contributed by atoms with Crippen molar-refractivity contribution in [2.75, 3.05) is 0 Å². The smallest absolute Gasteiger partial charge is 0.187 e. The van der Waals surface area contributed by atoms with Gasteiger partial charge in [0.15, 0.2) is 3.53 Å². The van der Waals surface area contributed by atoms with Crippen LogP contribution in [0.25, 0.3) is 0 Å². The Labute approximate surface area is 88.5 Å². The van der Waals surface area contributed by atoms with E-state index >= 15 is 0 Å². The van der Waals surface area contributed by atoms with Crippen LogP contribution in [-0.4, -0.2) is 8.74 Å². The topological polar surface area (TPSA) is 32.6 Å². The average molecular weight is 295 g/mol. The van der Waals surface area contributed by atoms with Crippen molar-refractivity contribution in [1.82, 2.24) is 0 Å². The van der Waals surface area contributed by atoms with Crippen molar-refractivity contribution in [2.45, 2.75) is 6.92 Å². The van der Waals surface area contributed by atoms with E-state index in [1.54, 1.807) is 0 Å². The predicted molar refractivity (Wildman–Crippen MR) is 58.3 cm³/mol. The van der Waals surface area contributed by atoms with Crippen LogP contribution >= 0.6 is 31.9 Å². The van der Waals surface area contributed by atoms with Crippen LogP contribution in [0.4, 0.5) is 0 Å². The highest BCUT2D eigenvalue weighted by Gasteiger charge is 1.72. The first-order chi connectivity index (χ1) is 5.66. The Morgan fingerprint density at radius 3 is 1.83 bits per heavy atom. The maximum absolute atomic E-state index is 7.64. The highest BCUT2D eigenvalue weighted by Crippen LogP contribution is 1.94. The van der Waals surface area contributed by atoms with Crippen molar-refractivity contribution in [3.05, 3.63) is 35.9 Å². The first-order valence-corrected chi connectivity index (χ1v) is 4.80. The molecule has 0 saturated carbocycles. The van der Waals surface area contributed by atoms with Crippen LogP contribution in [0.15, 0.2) is 35.5 Å². The number of hydrogen-bond acceptors (Lipinski definition) is 2. The van der Waals surface area contributed by atoms with Gasteiger partial charge in [0.2, 0.25) is 0 Å². The average Bonchev–Trinajstić information content (AvgIpc) is 2.07. The third kappa shape index (κ3) is 7.75. The highest BCUT2D eigenvalue weighted by molar-refractivity contribution is 9.39. The molecule has 1 N–H and O–H groups in total. The number of aryl methyl sites for hydroxylation is 1. The van der Waals surface area contributed by atoms with Gasteiger partial charge in [-0.3, -0.25) is 0 Å². The third-order valence-electron chi connectivity index (χ3n) is 1.02. The molecule has 0 saturated heterocycles. The van der Waals surface area contributed by atoms with Gasteiger partial charge in [0.1, 0.15) is 0 Å². The lowest BCUT2D eigenvalue weighted by molar-refractivity contribution is 0.322. The minimum absolute atomic E-state index is 0.310. The predicted octanol–water partition coefficient (Wildman–Crippen LogP) is 3.52. The van der Waals surface area contributed by atoms with Crippen LogP contribution in [0.1, 0.15) is 5.56 Å². The fourth-order valence-corrected chi connectivity index (χ4v) is 0.534. The van der Waals surface area contributed by atoms with Gasteiger partial charge in [-0.15, -0.1) is 0 Å². The molecular weight excluding hydrogens is 286 g/mol. The minimum Gasteiger partial charge on any atom is -0.410 e. The standard InChI is InChI=1S/C7H8.CHBr2NO/c1-7-5-3-2-4-6-7;2-1(3)4-5/h2-6H,1H3;5H.